The van der Waals surface area contributed by atoms with Gasteiger partial charge in [0.25, 0.3) is 0 Å². The average Bonchev–Trinajstić information content (AvgIpc) is 2.45. The topological polar surface area (TPSA) is 86.2 Å². The van der Waals surface area contributed by atoms with E-state index in [1.165, 1.54) is 32.1 Å². The van der Waals surface area contributed by atoms with Crippen LogP contribution < -0.4 is 11.5 Å². The fourth-order valence-corrected chi connectivity index (χ4v) is 3.03. The van der Waals surface area contributed by atoms with Crippen molar-refractivity contribution in [2.45, 2.75) is 44.9 Å². The maximum Gasteiger partial charge on any atom is 0.248 e. The minimum absolute atomic E-state index is 0.439. The zero-order valence-corrected chi connectivity index (χ0v) is 11.7. The lowest BCUT2D eigenvalue weighted by Gasteiger charge is -2.21. The number of aryl methyl sites for hydroxylation is 1. The standard InChI is InChI=1S/C16H22N2O2/c17-15(19)13-8-9-14(16(18)20)12(10-13)7-6-11-4-2-1-3-5-11/h8-11H,1-7H2,(H2,17,19)(H2,18,20). The van der Waals surface area contributed by atoms with Crippen molar-refractivity contribution < 1.29 is 9.59 Å². The zero-order chi connectivity index (χ0) is 14.5. The van der Waals surface area contributed by atoms with E-state index in [2.05, 4.69) is 0 Å². The van der Waals surface area contributed by atoms with Gasteiger partial charge in [-0.25, -0.2) is 0 Å². The molecule has 0 heterocycles. The first-order chi connectivity index (χ1) is 9.58. The number of rotatable bonds is 5. The van der Waals surface area contributed by atoms with Crippen molar-refractivity contribution in [2.75, 3.05) is 0 Å². The van der Waals surface area contributed by atoms with Gasteiger partial charge in [0.15, 0.2) is 0 Å². The van der Waals surface area contributed by atoms with Gasteiger partial charge in [-0.3, -0.25) is 9.59 Å². The highest BCUT2D eigenvalue weighted by Crippen LogP contribution is 2.28. The number of hydrogen-bond donors (Lipinski definition) is 2. The number of primary amides is 2. The monoisotopic (exact) mass is 274 g/mol. The molecule has 2 rings (SSSR count). The van der Waals surface area contributed by atoms with Crippen LogP contribution in [0.2, 0.25) is 0 Å². The molecule has 0 atom stereocenters. The second-order valence-electron chi connectivity index (χ2n) is 5.64. The molecular weight excluding hydrogens is 252 g/mol. The Kier molecular flexibility index (Phi) is 4.77. The number of carbonyl (C=O) groups excluding carboxylic acids is 2. The number of hydrogen-bond acceptors (Lipinski definition) is 2. The van der Waals surface area contributed by atoms with Crippen molar-refractivity contribution in [3.63, 3.8) is 0 Å². The van der Waals surface area contributed by atoms with Gasteiger partial charge >= 0.3 is 0 Å². The Morgan fingerprint density at radius 2 is 1.75 bits per heavy atom. The molecule has 1 saturated carbocycles. The van der Waals surface area contributed by atoms with Gasteiger partial charge < -0.3 is 11.5 Å². The molecule has 0 radical (unpaired) electrons. The smallest absolute Gasteiger partial charge is 0.248 e. The predicted molar refractivity (Wildman–Crippen MR) is 78.4 cm³/mol. The Hall–Kier alpha value is -1.84. The second kappa shape index (κ2) is 6.55. The fraction of sp³-hybridized carbons (Fsp3) is 0.500. The fourth-order valence-electron chi connectivity index (χ4n) is 3.03. The molecule has 0 aromatic heterocycles. The van der Waals surface area contributed by atoms with E-state index in [1.807, 2.05) is 0 Å². The van der Waals surface area contributed by atoms with Gasteiger partial charge in [-0.2, -0.15) is 0 Å². The summed E-state index contributed by atoms with van der Waals surface area (Å²) in [6.45, 7) is 0. The van der Waals surface area contributed by atoms with Crippen LogP contribution in [0.3, 0.4) is 0 Å². The van der Waals surface area contributed by atoms with Crippen LogP contribution in [0.4, 0.5) is 0 Å². The third kappa shape index (κ3) is 3.59. The van der Waals surface area contributed by atoms with E-state index in [4.69, 9.17) is 11.5 Å². The molecule has 0 bridgehead atoms. The van der Waals surface area contributed by atoms with Crippen molar-refractivity contribution in [1.29, 1.82) is 0 Å². The van der Waals surface area contributed by atoms with Crippen LogP contribution in [0, 0.1) is 5.92 Å². The number of carbonyl (C=O) groups is 2. The largest absolute Gasteiger partial charge is 0.366 e. The van der Waals surface area contributed by atoms with Crippen LogP contribution in [0.1, 0.15) is 64.8 Å². The quantitative estimate of drug-likeness (QED) is 0.863. The molecule has 0 unspecified atom stereocenters. The predicted octanol–water partition coefficient (Wildman–Crippen LogP) is 2.40. The summed E-state index contributed by atoms with van der Waals surface area (Å²) in [5.74, 6) is -0.193. The molecule has 1 aromatic carbocycles. The molecule has 4 N–H and O–H groups in total. The van der Waals surface area contributed by atoms with Crippen molar-refractivity contribution in [3.8, 4) is 0 Å². The van der Waals surface area contributed by atoms with E-state index in [-0.39, 0.29) is 0 Å². The molecule has 4 heteroatoms. The molecule has 1 aliphatic carbocycles. The summed E-state index contributed by atoms with van der Waals surface area (Å²) in [5, 5.41) is 0. The van der Waals surface area contributed by atoms with Crippen LogP contribution in [0.25, 0.3) is 0 Å². The number of amides is 2. The summed E-state index contributed by atoms with van der Waals surface area (Å²) in [4.78, 5) is 22.7. The first-order valence-electron chi connectivity index (χ1n) is 7.30. The minimum Gasteiger partial charge on any atom is -0.366 e. The van der Waals surface area contributed by atoms with Crippen molar-refractivity contribution in [3.05, 3.63) is 34.9 Å². The first kappa shape index (κ1) is 14.6. The Labute approximate surface area is 119 Å². The molecule has 1 aliphatic rings. The lowest BCUT2D eigenvalue weighted by molar-refractivity contribution is 0.0987. The van der Waals surface area contributed by atoms with Gasteiger partial charge in [-0.15, -0.1) is 0 Å². The molecule has 1 fully saturated rings. The van der Waals surface area contributed by atoms with Gasteiger partial charge in [-0.05, 0) is 42.5 Å². The van der Waals surface area contributed by atoms with Crippen molar-refractivity contribution in [1.82, 2.24) is 0 Å². The Morgan fingerprint density at radius 3 is 2.35 bits per heavy atom. The highest BCUT2D eigenvalue weighted by atomic mass is 16.1. The summed E-state index contributed by atoms with van der Waals surface area (Å²) < 4.78 is 0. The van der Waals surface area contributed by atoms with E-state index in [0.29, 0.717) is 11.1 Å². The highest BCUT2D eigenvalue weighted by Gasteiger charge is 2.16. The van der Waals surface area contributed by atoms with Crippen LogP contribution in [0.15, 0.2) is 18.2 Å². The maximum absolute atomic E-state index is 11.5. The van der Waals surface area contributed by atoms with E-state index in [1.54, 1.807) is 18.2 Å². The summed E-state index contributed by atoms with van der Waals surface area (Å²) in [5.41, 5.74) is 12.5. The molecule has 108 valence electrons. The SMILES string of the molecule is NC(=O)c1ccc(C(N)=O)c(CCC2CCCCC2)c1. The first-order valence-corrected chi connectivity index (χ1v) is 7.30. The average molecular weight is 274 g/mol. The van der Waals surface area contributed by atoms with Gasteiger partial charge in [-0.1, -0.05) is 32.1 Å². The van der Waals surface area contributed by atoms with Crippen LogP contribution in [-0.2, 0) is 6.42 Å². The van der Waals surface area contributed by atoms with Crippen molar-refractivity contribution >= 4 is 11.8 Å². The Morgan fingerprint density at radius 1 is 1.05 bits per heavy atom. The molecule has 1 aromatic rings. The Balaban J connectivity index is 2.12. The summed E-state index contributed by atoms with van der Waals surface area (Å²) in [6.07, 6.45) is 8.29. The molecule has 2 amide bonds. The van der Waals surface area contributed by atoms with Gasteiger partial charge in [0.05, 0.1) is 0 Å². The summed E-state index contributed by atoms with van der Waals surface area (Å²) in [6, 6.07) is 4.89. The van der Waals surface area contributed by atoms with Gasteiger partial charge in [0.2, 0.25) is 11.8 Å². The molecular formula is C16H22N2O2. The lowest BCUT2D eigenvalue weighted by atomic mass is 9.84. The molecule has 0 aliphatic heterocycles. The molecule has 4 nitrogen and oxygen atoms in total. The van der Waals surface area contributed by atoms with Crippen molar-refractivity contribution in [2.24, 2.45) is 17.4 Å². The van der Waals surface area contributed by atoms with Crippen LogP contribution in [-0.4, -0.2) is 11.8 Å². The van der Waals surface area contributed by atoms with Gasteiger partial charge in [0.1, 0.15) is 0 Å². The van der Waals surface area contributed by atoms with E-state index < -0.39 is 11.8 Å². The summed E-state index contributed by atoms with van der Waals surface area (Å²) >= 11 is 0. The third-order valence-corrected chi connectivity index (χ3v) is 4.20. The third-order valence-electron chi connectivity index (χ3n) is 4.20. The van der Waals surface area contributed by atoms with E-state index in [9.17, 15) is 9.59 Å². The van der Waals surface area contributed by atoms with E-state index in [0.717, 1.165) is 24.3 Å². The minimum atomic E-state index is -0.472. The van der Waals surface area contributed by atoms with Gasteiger partial charge in [0, 0.05) is 11.1 Å². The Bertz CT molecular complexity index is 505. The molecule has 0 saturated heterocycles. The second-order valence-corrected chi connectivity index (χ2v) is 5.64. The molecule has 0 spiro atoms. The molecule has 20 heavy (non-hydrogen) atoms. The zero-order valence-electron chi connectivity index (χ0n) is 11.7. The van der Waals surface area contributed by atoms with Crippen LogP contribution in [0.5, 0.6) is 0 Å². The normalized spacial score (nSPS) is 16.0. The number of benzene rings is 1. The highest BCUT2D eigenvalue weighted by molar-refractivity contribution is 5.97. The lowest BCUT2D eigenvalue weighted by Crippen LogP contribution is -2.17. The maximum atomic E-state index is 11.5. The van der Waals surface area contributed by atoms with Crippen LogP contribution >= 0.6 is 0 Å². The van der Waals surface area contributed by atoms with E-state index >= 15 is 0 Å². The summed E-state index contributed by atoms with van der Waals surface area (Å²) in [7, 11) is 0. The number of nitrogens with two attached hydrogens (primary N) is 2.